The van der Waals surface area contributed by atoms with Gasteiger partial charge in [0.15, 0.2) is 6.61 Å². The number of esters is 1. The van der Waals surface area contributed by atoms with E-state index in [0.29, 0.717) is 16.9 Å². The van der Waals surface area contributed by atoms with E-state index in [0.717, 1.165) is 4.47 Å². The number of hydrogen-bond acceptors (Lipinski definition) is 4. The second-order valence-electron chi connectivity index (χ2n) is 4.89. The lowest BCUT2D eigenvalue weighted by atomic mass is 10.2. The standard InChI is InChI=1S/C17H15BrN2O4/c1-11(21)19-14-6-8-15(9-7-14)20-16(22)10-24-17(23)12-2-4-13(18)5-3-12/h2-9H,10H2,1H3,(H,19,21)(H,20,22). The first-order valence-electron chi connectivity index (χ1n) is 7.04. The number of halogens is 1. The molecule has 2 rings (SSSR count). The molecule has 0 spiro atoms. The van der Waals surface area contributed by atoms with Crippen molar-refractivity contribution in [3.63, 3.8) is 0 Å². The maximum atomic E-state index is 11.8. The first-order chi connectivity index (χ1) is 11.4. The molecule has 2 amide bonds. The van der Waals surface area contributed by atoms with Crippen LogP contribution in [0, 0.1) is 0 Å². The van der Waals surface area contributed by atoms with Crippen molar-refractivity contribution in [1.82, 2.24) is 0 Å². The normalized spacial score (nSPS) is 9.92. The fourth-order valence-electron chi connectivity index (χ4n) is 1.84. The van der Waals surface area contributed by atoms with Gasteiger partial charge in [0.25, 0.3) is 5.91 Å². The van der Waals surface area contributed by atoms with Gasteiger partial charge in [-0.1, -0.05) is 15.9 Å². The molecule has 124 valence electrons. The average Bonchev–Trinajstić information content (AvgIpc) is 2.54. The number of carbonyl (C=O) groups is 3. The molecule has 0 atom stereocenters. The molecule has 0 aliphatic heterocycles. The summed E-state index contributed by atoms with van der Waals surface area (Å²) in [6, 6.07) is 13.2. The average molecular weight is 391 g/mol. The highest BCUT2D eigenvalue weighted by molar-refractivity contribution is 9.10. The zero-order chi connectivity index (χ0) is 17.5. The third-order valence-electron chi connectivity index (χ3n) is 2.90. The Hall–Kier alpha value is -2.67. The predicted octanol–water partition coefficient (Wildman–Crippen LogP) is 3.20. The Morgan fingerprint density at radius 1 is 0.917 bits per heavy atom. The van der Waals surface area contributed by atoms with Crippen molar-refractivity contribution in [2.75, 3.05) is 17.2 Å². The topological polar surface area (TPSA) is 84.5 Å². The molecule has 0 heterocycles. The zero-order valence-electron chi connectivity index (χ0n) is 12.8. The van der Waals surface area contributed by atoms with Crippen molar-refractivity contribution in [1.29, 1.82) is 0 Å². The molecule has 2 aromatic rings. The lowest BCUT2D eigenvalue weighted by Gasteiger charge is -2.08. The fourth-order valence-corrected chi connectivity index (χ4v) is 2.10. The molecule has 0 aliphatic carbocycles. The van der Waals surface area contributed by atoms with E-state index < -0.39 is 11.9 Å². The molecule has 7 heteroatoms. The molecule has 0 aromatic heterocycles. The van der Waals surface area contributed by atoms with Crippen LogP contribution in [0.5, 0.6) is 0 Å². The number of carbonyl (C=O) groups excluding carboxylic acids is 3. The van der Waals surface area contributed by atoms with Crippen LogP contribution in [0.1, 0.15) is 17.3 Å². The van der Waals surface area contributed by atoms with E-state index in [1.165, 1.54) is 6.92 Å². The lowest BCUT2D eigenvalue weighted by molar-refractivity contribution is -0.119. The summed E-state index contributed by atoms with van der Waals surface area (Å²) < 4.78 is 5.80. The summed E-state index contributed by atoms with van der Waals surface area (Å²) in [6.45, 7) is 1.03. The van der Waals surface area contributed by atoms with Crippen LogP contribution in [0.4, 0.5) is 11.4 Å². The minimum Gasteiger partial charge on any atom is -0.452 e. The zero-order valence-corrected chi connectivity index (χ0v) is 14.4. The van der Waals surface area contributed by atoms with Gasteiger partial charge in [0.1, 0.15) is 0 Å². The number of hydrogen-bond donors (Lipinski definition) is 2. The van der Waals surface area contributed by atoms with E-state index in [2.05, 4.69) is 26.6 Å². The van der Waals surface area contributed by atoms with Gasteiger partial charge in [0.2, 0.25) is 5.91 Å². The van der Waals surface area contributed by atoms with Crippen molar-refractivity contribution >= 4 is 45.1 Å². The Kier molecular flexibility index (Phi) is 6.08. The monoisotopic (exact) mass is 390 g/mol. The van der Waals surface area contributed by atoms with Crippen LogP contribution in [0.2, 0.25) is 0 Å². The molecule has 0 unspecified atom stereocenters. The maximum absolute atomic E-state index is 11.8. The predicted molar refractivity (Wildman–Crippen MR) is 93.8 cm³/mol. The summed E-state index contributed by atoms with van der Waals surface area (Å²) in [4.78, 5) is 34.5. The first-order valence-corrected chi connectivity index (χ1v) is 7.83. The smallest absolute Gasteiger partial charge is 0.338 e. The molecule has 0 saturated carbocycles. The lowest BCUT2D eigenvalue weighted by Crippen LogP contribution is -2.20. The van der Waals surface area contributed by atoms with Crippen LogP contribution in [0.25, 0.3) is 0 Å². The van der Waals surface area contributed by atoms with E-state index in [4.69, 9.17) is 4.74 Å². The Morgan fingerprint density at radius 3 is 2.00 bits per heavy atom. The number of anilines is 2. The van der Waals surface area contributed by atoms with Crippen molar-refractivity contribution in [3.8, 4) is 0 Å². The molecule has 0 fully saturated rings. The highest BCUT2D eigenvalue weighted by Crippen LogP contribution is 2.14. The molecule has 24 heavy (non-hydrogen) atoms. The summed E-state index contributed by atoms with van der Waals surface area (Å²) in [7, 11) is 0. The van der Waals surface area contributed by atoms with Crippen molar-refractivity contribution in [2.24, 2.45) is 0 Å². The molecule has 0 saturated heterocycles. The summed E-state index contributed by atoms with van der Waals surface area (Å²) in [5, 5.41) is 5.23. The third-order valence-corrected chi connectivity index (χ3v) is 3.43. The summed E-state index contributed by atoms with van der Waals surface area (Å²) in [5.41, 5.74) is 1.53. The maximum Gasteiger partial charge on any atom is 0.338 e. The van der Waals surface area contributed by atoms with Crippen molar-refractivity contribution in [2.45, 2.75) is 6.92 Å². The van der Waals surface area contributed by atoms with Gasteiger partial charge in [-0.2, -0.15) is 0 Å². The van der Waals surface area contributed by atoms with E-state index in [9.17, 15) is 14.4 Å². The van der Waals surface area contributed by atoms with Crippen LogP contribution < -0.4 is 10.6 Å². The highest BCUT2D eigenvalue weighted by Gasteiger charge is 2.10. The fraction of sp³-hybridized carbons (Fsp3) is 0.118. The van der Waals surface area contributed by atoms with E-state index in [1.807, 2.05) is 0 Å². The van der Waals surface area contributed by atoms with Gasteiger partial charge < -0.3 is 15.4 Å². The minimum atomic E-state index is -0.571. The second-order valence-corrected chi connectivity index (χ2v) is 5.81. The summed E-state index contributed by atoms with van der Waals surface area (Å²) >= 11 is 3.27. The number of amides is 2. The van der Waals surface area contributed by atoms with Crippen molar-refractivity contribution in [3.05, 3.63) is 58.6 Å². The van der Waals surface area contributed by atoms with Gasteiger partial charge in [-0.15, -0.1) is 0 Å². The number of nitrogens with one attached hydrogen (secondary N) is 2. The summed E-state index contributed by atoms with van der Waals surface area (Å²) in [5.74, 6) is -1.20. The van der Waals surface area contributed by atoms with Crippen LogP contribution in [0.15, 0.2) is 53.0 Å². The molecule has 2 aromatic carbocycles. The Bertz CT molecular complexity index is 742. The molecule has 0 radical (unpaired) electrons. The van der Waals surface area contributed by atoms with E-state index in [1.54, 1.807) is 48.5 Å². The third kappa shape index (κ3) is 5.51. The van der Waals surface area contributed by atoms with Crippen molar-refractivity contribution < 1.29 is 19.1 Å². The largest absolute Gasteiger partial charge is 0.452 e. The van der Waals surface area contributed by atoms with Gasteiger partial charge in [-0.3, -0.25) is 9.59 Å². The molecule has 0 bridgehead atoms. The Morgan fingerprint density at radius 2 is 1.46 bits per heavy atom. The number of rotatable bonds is 5. The minimum absolute atomic E-state index is 0.174. The second kappa shape index (κ2) is 8.26. The number of ether oxygens (including phenoxy) is 1. The molecule has 2 N–H and O–H groups in total. The molecule has 6 nitrogen and oxygen atoms in total. The van der Waals surface area contributed by atoms with Crippen LogP contribution >= 0.6 is 15.9 Å². The van der Waals surface area contributed by atoms with Crippen LogP contribution in [-0.2, 0) is 14.3 Å². The molecular weight excluding hydrogens is 376 g/mol. The highest BCUT2D eigenvalue weighted by atomic mass is 79.9. The van der Waals surface area contributed by atoms with Gasteiger partial charge in [-0.05, 0) is 48.5 Å². The number of benzene rings is 2. The van der Waals surface area contributed by atoms with Crippen LogP contribution in [0.3, 0.4) is 0 Å². The van der Waals surface area contributed by atoms with Crippen LogP contribution in [-0.4, -0.2) is 24.4 Å². The van der Waals surface area contributed by atoms with Gasteiger partial charge >= 0.3 is 5.97 Å². The Labute approximate surface area is 147 Å². The Balaban J connectivity index is 1.83. The van der Waals surface area contributed by atoms with Gasteiger partial charge in [0, 0.05) is 22.8 Å². The van der Waals surface area contributed by atoms with E-state index in [-0.39, 0.29) is 12.5 Å². The van der Waals surface area contributed by atoms with E-state index >= 15 is 0 Å². The van der Waals surface area contributed by atoms with Gasteiger partial charge in [-0.25, -0.2) is 4.79 Å². The van der Waals surface area contributed by atoms with Gasteiger partial charge in [0.05, 0.1) is 5.56 Å². The molecule has 0 aliphatic rings. The SMILES string of the molecule is CC(=O)Nc1ccc(NC(=O)COC(=O)c2ccc(Br)cc2)cc1. The summed E-state index contributed by atoms with van der Waals surface area (Å²) in [6.07, 6.45) is 0. The first kappa shape index (κ1) is 17.7. The quantitative estimate of drug-likeness (QED) is 0.767. The molecular formula is C17H15BrN2O4.